The van der Waals surface area contributed by atoms with Crippen molar-refractivity contribution in [2.24, 2.45) is 11.8 Å². The minimum atomic E-state index is -1.30. The molecule has 1 rings (SSSR count). The molecule has 1 amide bonds. The number of nitrogens with one attached hydrogen (secondary N) is 1. The van der Waals surface area contributed by atoms with Gasteiger partial charge in [0, 0.05) is 6.42 Å². The van der Waals surface area contributed by atoms with Crippen molar-refractivity contribution in [3.8, 4) is 0 Å². The summed E-state index contributed by atoms with van der Waals surface area (Å²) in [6.07, 6.45) is 4.00. The van der Waals surface area contributed by atoms with Crippen LogP contribution in [0.4, 0.5) is 0 Å². The number of rotatable bonds is 8. The van der Waals surface area contributed by atoms with Crippen LogP contribution in [-0.4, -0.2) is 51.2 Å². The van der Waals surface area contributed by atoms with Crippen molar-refractivity contribution in [2.45, 2.75) is 44.6 Å². The van der Waals surface area contributed by atoms with E-state index in [0.717, 1.165) is 39.9 Å². The highest BCUT2D eigenvalue weighted by Crippen LogP contribution is 2.27. The van der Waals surface area contributed by atoms with E-state index in [1.165, 1.54) is 7.11 Å². The molecule has 2 atom stereocenters. The van der Waals surface area contributed by atoms with E-state index in [2.05, 4.69) is 19.5 Å². The summed E-state index contributed by atoms with van der Waals surface area (Å²) in [7, 11) is 3.45. The lowest BCUT2D eigenvalue weighted by molar-refractivity contribution is -0.159. The van der Waals surface area contributed by atoms with Crippen molar-refractivity contribution < 1.29 is 33.4 Å². The first kappa shape index (κ1) is 19.9. The van der Waals surface area contributed by atoms with Crippen LogP contribution in [0.1, 0.15) is 38.5 Å². The van der Waals surface area contributed by atoms with Gasteiger partial charge in [-0.15, -0.1) is 0 Å². The molecule has 0 aromatic carbocycles. The summed E-state index contributed by atoms with van der Waals surface area (Å²) in [5, 5.41) is 2.52. The molecule has 0 aliphatic heterocycles. The highest BCUT2D eigenvalue weighted by Gasteiger charge is 2.38. The van der Waals surface area contributed by atoms with Crippen molar-refractivity contribution in [1.29, 1.82) is 0 Å². The van der Waals surface area contributed by atoms with E-state index in [0.29, 0.717) is 0 Å². The second-order valence-corrected chi connectivity index (χ2v) is 5.83. The molecule has 0 unspecified atom stereocenters. The van der Waals surface area contributed by atoms with Crippen LogP contribution in [0.5, 0.6) is 0 Å². The van der Waals surface area contributed by atoms with Gasteiger partial charge < -0.3 is 19.5 Å². The Bertz CT molecular complexity index is 471. The maximum Gasteiger partial charge on any atom is 0.329 e. The lowest BCUT2D eigenvalue weighted by Gasteiger charge is -2.24. The van der Waals surface area contributed by atoms with Gasteiger partial charge >= 0.3 is 17.9 Å². The van der Waals surface area contributed by atoms with Gasteiger partial charge in [-0.25, -0.2) is 4.79 Å². The molecular weight excluding hydrogens is 318 g/mol. The lowest BCUT2D eigenvalue weighted by atomic mass is 9.95. The molecule has 8 heteroatoms. The molecule has 136 valence electrons. The van der Waals surface area contributed by atoms with Crippen LogP contribution in [0.25, 0.3) is 0 Å². The fraction of sp³-hybridized carbons (Fsp3) is 0.750. The Morgan fingerprint density at radius 1 is 0.958 bits per heavy atom. The SMILES string of the molecule is COC(=O)C[C@H](C(=O)OC)[C@@H](NC(=O)CC1CCCC1)C(=O)OC. The second-order valence-electron chi connectivity index (χ2n) is 5.83. The highest BCUT2D eigenvalue weighted by atomic mass is 16.5. The largest absolute Gasteiger partial charge is 0.469 e. The van der Waals surface area contributed by atoms with Crippen molar-refractivity contribution >= 4 is 23.8 Å². The Balaban J connectivity index is 2.85. The fourth-order valence-electron chi connectivity index (χ4n) is 2.91. The molecule has 8 nitrogen and oxygen atoms in total. The minimum Gasteiger partial charge on any atom is -0.469 e. The number of ether oxygens (including phenoxy) is 3. The van der Waals surface area contributed by atoms with Crippen LogP contribution < -0.4 is 5.32 Å². The molecule has 0 aromatic heterocycles. The van der Waals surface area contributed by atoms with E-state index in [9.17, 15) is 19.2 Å². The van der Waals surface area contributed by atoms with Crippen LogP contribution in [0.3, 0.4) is 0 Å². The predicted octanol–water partition coefficient (Wildman–Crippen LogP) is 0.577. The number of hydrogen-bond acceptors (Lipinski definition) is 7. The maximum absolute atomic E-state index is 12.2. The molecule has 1 aliphatic rings. The molecule has 0 saturated heterocycles. The summed E-state index contributed by atoms with van der Waals surface area (Å²) in [6, 6.07) is -1.30. The maximum atomic E-state index is 12.2. The lowest BCUT2D eigenvalue weighted by Crippen LogP contribution is -2.50. The molecule has 0 heterocycles. The van der Waals surface area contributed by atoms with Crippen LogP contribution in [0, 0.1) is 11.8 Å². The summed E-state index contributed by atoms with van der Waals surface area (Å²) in [6.45, 7) is 0. The smallest absolute Gasteiger partial charge is 0.329 e. The fourth-order valence-corrected chi connectivity index (χ4v) is 2.91. The first-order valence-corrected chi connectivity index (χ1v) is 7.94. The molecule has 0 spiro atoms. The van der Waals surface area contributed by atoms with Gasteiger partial charge in [0.2, 0.25) is 5.91 Å². The average Bonchev–Trinajstić information content (AvgIpc) is 3.08. The Kier molecular flexibility index (Phi) is 8.21. The molecule has 0 radical (unpaired) electrons. The van der Waals surface area contributed by atoms with Crippen molar-refractivity contribution in [3.63, 3.8) is 0 Å². The third-order valence-corrected chi connectivity index (χ3v) is 4.24. The van der Waals surface area contributed by atoms with Crippen molar-refractivity contribution in [1.82, 2.24) is 5.32 Å². The monoisotopic (exact) mass is 343 g/mol. The topological polar surface area (TPSA) is 108 Å². The zero-order valence-electron chi connectivity index (χ0n) is 14.3. The van der Waals surface area contributed by atoms with E-state index < -0.39 is 36.3 Å². The zero-order chi connectivity index (χ0) is 18.1. The first-order chi connectivity index (χ1) is 11.4. The van der Waals surface area contributed by atoms with Crippen LogP contribution >= 0.6 is 0 Å². The molecule has 1 saturated carbocycles. The Morgan fingerprint density at radius 2 is 1.54 bits per heavy atom. The van der Waals surface area contributed by atoms with Crippen molar-refractivity contribution in [2.75, 3.05) is 21.3 Å². The minimum absolute atomic E-state index is 0.277. The van der Waals surface area contributed by atoms with Crippen LogP contribution in [-0.2, 0) is 33.4 Å². The number of esters is 3. The van der Waals surface area contributed by atoms with Gasteiger partial charge in [0.05, 0.1) is 33.7 Å². The average molecular weight is 343 g/mol. The molecular formula is C16H25NO7. The van der Waals surface area contributed by atoms with E-state index in [-0.39, 0.29) is 18.2 Å². The molecule has 1 fully saturated rings. The number of amides is 1. The highest BCUT2D eigenvalue weighted by molar-refractivity contribution is 5.91. The number of methoxy groups -OCH3 is 3. The Morgan fingerprint density at radius 3 is 2.04 bits per heavy atom. The van der Waals surface area contributed by atoms with Gasteiger partial charge in [-0.1, -0.05) is 12.8 Å². The number of hydrogen-bond donors (Lipinski definition) is 1. The van der Waals surface area contributed by atoms with Gasteiger partial charge in [0.1, 0.15) is 6.04 Å². The third kappa shape index (κ3) is 5.82. The van der Waals surface area contributed by atoms with Gasteiger partial charge in [0.25, 0.3) is 0 Å². The van der Waals surface area contributed by atoms with E-state index in [1.807, 2.05) is 0 Å². The summed E-state index contributed by atoms with van der Waals surface area (Å²) in [5.41, 5.74) is 0. The van der Waals surface area contributed by atoms with Gasteiger partial charge in [-0.05, 0) is 18.8 Å². The summed E-state index contributed by atoms with van der Waals surface area (Å²) < 4.78 is 13.8. The summed E-state index contributed by atoms with van der Waals surface area (Å²) in [4.78, 5) is 47.7. The molecule has 1 N–H and O–H groups in total. The van der Waals surface area contributed by atoms with Crippen molar-refractivity contribution in [3.05, 3.63) is 0 Å². The van der Waals surface area contributed by atoms with Crippen LogP contribution in [0.15, 0.2) is 0 Å². The van der Waals surface area contributed by atoms with E-state index in [1.54, 1.807) is 0 Å². The normalized spacial score (nSPS) is 16.8. The first-order valence-electron chi connectivity index (χ1n) is 7.94. The molecule has 1 aliphatic carbocycles. The van der Waals surface area contributed by atoms with Gasteiger partial charge in [-0.2, -0.15) is 0 Å². The standard InChI is InChI=1S/C16H25NO7/c1-22-13(19)9-11(15(20)23-2)14(16(21)24-3)17-12(18)8-10-6-4-5-7-10/h10-11,14H,4-9H2,1-3H3,(H,17,18)/t11-,14+/m0/s1. The van der Waals surface area contributed by atoms with E-state index in [4.69, 9.17) is 0 Å². The third-order valence-electron chi connectivity index (χ3n) is 4.24. The van der Waals surface area contributed by atoms with E-state index >= 15 is 0 Å². The second kappa shape index (κ2) is 9.89. The molecule has 0 bridgehead atoms. The number of carbonyl (C=O) groups excluding carboxylic acids is 4. The quantitative estimate of drug-likeness (QED) is 0.507. The zero-order valence-corrected chi connectivity index (χ0v) is 14.3. The van der Waals surface area contributed by atoms with Crippen LogP contribution in [0.2, 0.25) is 0 Å². The molecule has 0 aromatic rings. The summed E-state index contributed by atoms with van der Waals surface area (Å²) in [5.74, 6) is -3.57. The van der Waals surface area contributed by atoms with Gasteiger partial charge in [-0.3, -0.25) is 14.4 Å². The Labute approximate surface area is 141 Å². The molecule has 24 heavy (non-hydrogen) atoms. The number of carbonyl (C=O) groups is 4. The summed E-state index contributed by atoms with van der Waals surface area (Å²) >= 11 is 0. The Hall–Kier alpha value is -2.12. The predicted molar refractivity (Wildman–Crippen MR) is 82.7 cm³/mol. The van der Waals surface area contributed by atoms with Gasteiger partial charge in [0.15, 0.2) is 0 Å².